The van der Waals surface area contributed by atoms with Crippen molar-refractivity contribution in [2.45, 2.75) is 0 Å². The molecule has 1 aliphatic heterocycles. The number of pyridine rings is 1. The summed E-state index contributed by atoms with van der Waals surface area (Å²) in [5.41, 5.74) is 1.14. The van der Waals surface area contributed by atoms with Crippen LogP contribution in [0.5, 0.6) is 0 Å². The van der Waals surface area contributed by atoms with E-state index in [1.54, 1.807) is 42.7 Å². The van der Waals surface area contributed by atoms with Gasteiger partial charge < -0.3 is 0 Å². The lowest BCUT2D eigenvalue weighted by molar-refractivity contribution is -0.384. The van der Waals surface area contributed by atoms with Gasteiger partial charge in [-0.2, -0.15) is 0 Å². The Kier molecular flexibility index (Phi) is 4.18. The molecule has 0 N–H and O–H groups in total. The first kappa shape index (κ1) is 15.3. The van der Waals surface area contributed by atoms with E-state index >= 15 is 0 Å². The molecule has 3 rings (SSSR count). The van der Waals surface area contributed by atoms with Gasteiger partial charge in [-0.05, 0) is 23.8 Å². The SMILES string of the molecule is O=C1/C(=C/c2cccc([N+](=O)[O-])c2)SC(=S)N1c1cccnc1. The van der Waals surface area contributed by atoms with E-state index in [0.29, 0.717) is 20.5 Å². The van der Waals surface area contributed by atoms with Crippen molar-refractivity contribution in [3.05, 3.63) is 69.4 Å². The Morgan fingerprint density at radius 2 is 2.13 bits per heavy atom. The normalized spacial score (nSPS) is 16.2. The Labute approximate surface area is 141 Å². The summed E-state index contributed by atoms with van der Waals surface area (Å²) in [6.07, 6.45) is 4.77. The highest BCUT2D eigenvalue weighted by Gasteiger charge is 2.33. The molecule has 8 heteroatoms. The summed E-state index contributed by atoms with van der Waals surface area (Å²) in [5, 5.41) is 10.8. The van der Waals surface area contributed by atoms with Gasteiger partial charge in [0.1, 0.15) is 0 Å². The van der Waals surface area contributed by atoms with Crippen molar-refractivity contribution >= 4 is 51.7 Å². The lowest BCUT2D eigenvalue weighted by atomic mass is 10.2. The fraction of sp³-hybridized carbons (Fsp3) is 0. The molecule has 0 saturated carbocycles. The maximum absolute atomic E-state index is 12.5. The number of nitrogens with zero attached hydrogens (tertiary/aromatic N) is 3. The zero-order valence-electron chi connectivity index (χ0n) is 11.6. The van der Waals surface area contributed by atoms with Crippen LogP contribution in [0.3, 0.4) is 0 Å². The highest BCUT2D eigenvalue weighted by Crippen LogP contribution is 2.35. The first-order valence-corrected chi connectivity index (χ1v) is 7.71. The van der Waals surface area contributed by atoms with Crippen molar-refractivity contribution in [2.24, 2.45) is 0 Å². The van der Waals surface area contributed by atoms with E-state index in [1.165, 1.54) is 17.0 Å². The monoisotopic (exact) mass is 343 g/mol. The Hall–Kier alpha value is -2.58. The molecule has 114 valence electrons. The molecular weight excluding hydrogens is 334 g/mol. The van der Waals surface area contributed by atoms with Crippen LogP contribution in [0, 0.1) is 10.1 Å². The number of nitro benzene ring substituents is 1. The van der Waals surface area contributed by atoms with Gasteiger partial charge in [0.2, 0.25) is 0 Å². The lowest BCUT2D eigenvalue weighted by Gasteiger charge is -2.13. The van der Waals surface area contributed by atoms with Crippen LogP contribution in [-0.2, 0) is 4.79 Å². The van der Waals surface area contributed by atoms with E-state index < -0.39 is 4.92 Å². The smallest absolute Gasteiger partial charge is 0.268 e. The number of hydrogen-bond acceptors (Lipinski definition) is 6. The summed E-state index contributed by atoms with van der Waals surface area (Å²) in [7, 11) is 0. The summed E-state index contributed by atoms with van der Waals surface area (Å²) in [6, 6.07) is 9.55. The molecule has 1 aromatic heterocycles. The van der Waals surface area contributed by atoms with Gasteiger partial charge in [-0.3, -0.25) is 24.8 Å². The number of thiocarbonyl (C=S) groups is 1. The molecule has 0 aliphatic carbocycles. The molecule has 1 fully saturated rings. The number of anilines is 1. The largest absolute Gasteiger partial charge is 0.270 e. The molecular formula is C15H9N3O3S2. The summed E-state index contributed by atoms with van der Waals surface area (Å²) in [6.45, 7) is 0. The van der Waals surface area contributed by atoms with Gasteiger partial charge in [0.15, 0.2) is 4.32 Å². The molecule has 0 radical (unpaired) electrons. The van der Waals surface area contributed by atoms with Crippen LogP contribution in [0.4, 0.5) is 11.4 Å². The van der Waals surface area contributed by atoms with E-state index in [4.69, 9.17) is 12.2 Å². The fourth-order valence-corrected chi connectivity index (χ4v) is 3.35. The van der Waals surface area contributed by atoms with Crippen molar-refractivity contribution in [3.8, 4) is 0 Å². The average Bonchev–Trinajstić information content (AvgIpc) is 2.82. The molecule has 0 unspecified atom stereocenters. The number of hydrogen-bond donors (Lipinski definition) is 0. The number of rotatable bonds is 3. The fourth-order valence-electron chi connectivity index (χ4n) is 2.06. The van der Waals surface area contributed by atoms with Crippen LogP contribution in [0.25, 0.3) is 6.08 Å². The second-order valence-corrected chi connectivity index (χ2v) is 6.26. The number of carbonyl (C=O) groups is 1. The standard InChI is InChI=1S/C15H9N3O3S2/c19-14-13(8-10-3-1-4-11(7-10)18(20)21)23-15(22)17(14)12-5-2-6-16-9-12/h1-9H/b13-8-. The van der Waals surface area contributed by atoms with E-state index in [9.17, 15) is 14.9 Å². The summed E-state index contributed by atoms with van der Waals surface area (Å²) in [5.74, 6) is -0.264. The molecule has 0 spiro atoms. The van der Waals surface area contributed by atoms with E-state index in [0.717, 1.165) is 11.8 Å². The van der Waals surface area contributed by atoms with Crippen molar-refractivity contribution in [1.29, 1.82) is 0 Å². The number of carbonyl (C=O) groups excluding carboxylic acids is 1. The second-order valence-electron chi connectivity index (χ2n) is 4.58. The average molecular weight is 343 g/mol. The van der Waals surface area contributed by atoms with Crippen molar-refractivity contribution in [3.63, 3.8) is 0 Å². The summed E-state index contributed by atoms with van der Waals surface area (Å²) >= 11 is 6.41. The van der Waals surface area contributed by atoms with Gasteiger partial charge in [0, 0.05) is 18.3 Å². The number of aromatic nitrogens is 1. The van der Waals surface area contributed by atoms with Crippen LogP contribution in [-0.4, -0.2) is 20.1 Å². The molecule has 23 heavy (non-hydrogen) atoms. The van der Waals surface area contributed by atoms with Gasteiger partial charge in [-0.1, -0.05) is 36.1 Å². The maximum atomic E-state index is 12.5. The van der Waals surface area contributed by atoms with Crippen LogP contribution in [0.2, 0.25) is 0 Å². The van der Waals surface area contributed by atoms with Crippen LogP contribution >= 0.6 is 24.0 Å². The van der Waals surface area contributed by atoms with Crippen molar-refractivity contribution < 1.29 is 9.72 Å². The van der Waals surface area contributed by atoms with Gasteiger partial charge in [0.05, 0.1) is 21.7 Å². The van der Waals surface area contributed by atoms with Crippen molar-refractivity contribution in [2.75, 3.05) is 4.90 Å². The van der Waals surface area contributed by atoms with E-state index in [-0.39, 0.29) is 11.6 Å². The van der Waals surface area contributed by atoms with Crippen LogP contribution in [0.15, 0.2) is 53.7 Å². The lowest BCUT2D eigenvalue weighted by Crippen LogP contribution is -2.27. The van der Waals surface area contributed by atoms with E-state index in [1.807, 2.05) is 0 Å². The van der Waals surface area contributed by atoms with Gasteiger partial charge in [0.25, 0.3) is 11.6 Å². The summed E-state index contributed by atoms with van der Waals surface area (Å²) in [4.78, 5) is 28.7. The highest BCUT2D eigenvalue weighted by atomic mass is 32.2. The molecule has 0 bridgehead atoms. The number of benzene rings is 1. The quantitative estimate of drug-likeness (QED) is 0.368. The predicted octanol–water partition coefficient (Wildman–Crippen LogP) is 3.40. The third kappa shape index (κ3) is 3.13. The van der Waals surface area contributed by atoms with Gasteiger partial charge >= 0.3 is 0 Å². The second kappa shape index (κ2) is 6.27. The molecule has 0 atom stereocenters. The predicted molar refractivity (Wildman–Crippen MR) is 93.0 cm³/mol. The molecule has 1 aliphatic rings. The molecule has 1 amide bonds. The third-order valence-electron chi connectivity index (χ3n) is 3.08. The minimum absolute atomic E-state index is 0.0264. The number of non-ortho nitro benzene ring substituents is 1. The first-order chi connectivity index (χ1) is 11.1. The number of nitro groups is 1. The molecule has 6 nitrogen and oxygen atoms in total. The highest BCUT2D eigenvalue weighted by molar-refractivity contribution is 8.27. The Balaban J connectivity index is 1.93. The minimum Gasteiger partial charge on any atom is -0.268 e. The minimum atomic E-state index is -0.474. The molecule has 2 heterocycles. The Morgan fingerprint density at radius 1 is 1.30 bits per heavy atom. The first-order valence-electron chi connectivity index (χ1n) is 6.49. The molecule has 1 aromatic carbocycles. The molecule has 1 saturated heterocycles. The number of thioether (sulfide) groups is 1. The molecule has 2 aromatic rings. The Bertz CT molecular complexity index is 837. The number of amides is 1. The topological polar surface area (TPSA) is 76.3 Å². The van der Waals surface area contributed by atoms with Crippen LogP contribution < -0.4 is 4.90 Å². The van der Waals surface area contributed by atoms with E-state index in [2.05, 4.69) is 4.98 Å². The van der Waals surface area contributed by atoms with Crippen molar-refractivity contribution in [1.82, 2.24) is 4.98 Å². The van der Waals surface area contributed by atoms with Crippen LogP contribution in [0.1, 0.15) is 5.56 Å². The van der Waals surface area contributed by atoms with Gasteiger partial charge in [-0.15, -0.1) is 0 Å². The Morgan fingerprint density at radius 3 is 2.83 bits per heavy atom. The zero-order chi connectivity index (χ0) is 16.4. The third-order valence-corrected chi connectivity index (χ3v) is 4.38. The van der Waals surface area contributed by atoms with Gasteiger partial charge in [-0.25, -0.2) is 0 Å². The maximum Gasteiger partial charge on any atom is 0.270 e. The zero-order valence-corrected chi connectivity index (χ0v) is 13.2. The summed E-state index contributed by atoms with van der Waals surface area (Å²) < 4.78 is 0.402.